The van der Waals surface area contributed by atoms with E-state index >= 15 is 0 Å². The Morgan fingerprint density at radius 3 is 2.23 bits per heavy atom. The summed E-state index contributed by atoms with van der Waals surface area (Å²) in [5.74, 6) is -0.180. The fraction of sp³-hybridized carbons (Fsp3) is 0.667. The molecule has 8 heteroatoms. The van der Waals surface area contributed by atoms with Gasteiger partial charge in [0.15, 0.2) is 0 Å². The van der Waals surface area contributed by atoms with Crippen LogP contribution in [0.5, 0.6) is 0 Å². The zero-order chi connectivity index (χ0) is 25.4. The second-order valence-electron chi connectivity index (χ2n) is 11.7. The van der Waals surface area contributed by atoms with Crippen LogP contribution < -0.4 is 11.5 Å². The zero-order valence-corrected chi connectivity index (χ0v) is 21.5. The molecule has 1 saturated heterocycles. The Bertz CT molecular complexity index is 951. The van der Waals surface area contributed by atoms with Gasteiger partial charge in [0.25, 0.3) is 0 Å². The third kappa shape index (κ3) is 4.77. The molecule has 4 N–H and O–H groups in total. The van der Waals surface area contributed by atoms with Crippen LogP contribution in [0, 0.1) is 11.3 Å². The maximum absolute atomic E-state index is 13.7. The minimum Gasteiger partial charge on any atom is -0.369 e. The van der Waals surface area contributed by atoms with Gasteiger partial charge in [-0.05, 0) is 70.9 Å². The number of amides is 4. The minimum absolute atomic E-state index is 0.0314. The number of hydrogen-bond acceptors (Lipinski definition) is 4. The summed E-state index contributed by atoms with van der Waals surface area (Å²) in [7, 11) is 1.98. The number of primary amides is 2. The summed E-state index contributed by atoms with van der Waals surface area (Å²) in [6, 6.07) is 10.4. The molecule has 2 saturated carbocycles. The van der Waals surface area contributed by atoms with E-state index in [2.05, 4.69) is 21.9 Å². The van der Waals surface area contributed by atoms with Gasteiger partial charge in [0.2, 0.25) is 11.8 Å². The average Bonchev–Trinajstić information content (AvgIpc) is 3.01. The van der Waals surface area contributed by atoms with Crippen LogP contribution in [-0.2, 0) is 15.1 Å². The molecule has 3 fully saturated rings. The van der Waals surface area contributed by atoms with Crippen molar-refractivity contribution in [2.75, 3.05) is 33.2 Å². The van der Waals surface area contributed by atoms with Crippen LogP contribution in [-0.4, -0.2) is 71.3 Å². The molecule has 8 nitrogen and oxygen atoms in total. The predicted octanol–water partition coefficient (Wildman–Crippen LogP) is 2.66. The van der Waals surface area contributed by atoms with Crippen molar-refractivity contribution in [3.05, 3.63) is 35.9 Å². The van der Waals surface area contributed by atoms with Crippen molar-refractivity contribution >= 4 is 17.8 Å². The lowest BCUT2D eigenvalue weighted by molar-refractivity contribution is -0.126. The molecule has 4 rings (SSSR count). The zero-order valence-electron chi connectivity index (χ0n) is 21.5. The largest absolute Gasteiger partial charge is 0.369 e. The number of nitrogens with zero attached hydrogens (tertiary/aromatic N) is 3. The normalized spacial score (nSPS) is 27.5. The molecule has 192 valence electrons. The molecule has 0 bridgehead atoms. The number of nitrogens with two attached hydrogens (primary N) is 2. The molecule has 1 heterocycles. The molecule has 0 aromatic heterocycles. The molecule has 1 aliphatic heterocycles. The molecule has 0 atom stereocenters. The second-order valence-corrected chi connectivity index (χ2v) is 11.7. The van der Waals surface area contributed by atoms with Gasteiger partial charge in [-0.1, -0.05) is 36.8 Å². The first-order valence-electron chi connectivity index (χ1n) is 12.9. The molecule has 0 radical (unpaired) electrons. The van der Waals surface area contributed by atoms with Crippen molar-refractivity contribution in [2.24, 2.45) is 22.8 Å². The quantitative estimate of drug-likeness (QED) is 0.562. The summed E-state index contributed by atoms with van der Waals surface area (Å²) in [6.45, 7) is 5.52. The molecule has 35 heavy (non-hydrogen) atoms. The lowest BCUT2D eigenvalue weighted by atomic mass is 9.67. The van der Waals surface area contributed by atoms with E-state index in [0.717, 1.165) is 32.2 Å². The summed E-state index contributed by atoms with van der Waals surface area (Å²) in [5.41, 5.74) is 11.1. The molecule has 1 aromatic carbocycles. The molecule has 0 unspecified atom stereocenters. The molecule has 4 amide bonds. The van der Waals surface area contributed by atoms with Crippen LogP contribution in [0.25, 0.3) is 0 Å². The fourth-order valence-corrected chi connectivity index (χ4v) is 6.35. The molecule has 1 aromatic rings. The first-order valence-corrected chi connectivity index (χ1v) is 12.9. The summed E-state index contributed by atoms with van der Waals surface area (Å²) < 4.78 is 0. The molecular weight excluding hydrogens is 442 g/mol. The maximum Gasteiger partial charge on any atom is 0.320 e. The number of likely N-dealkylation sites (N-methyl/N-ethyl adjacent to an activating group) is 1. The number of urea groups is 1. The van der Waals surface area contributed by atoms with Gasteiger partial charge in [0.05, 0.1) is 17.5 Å². The van der Waals surface area contributed by atoms with Crippen molar-refractivity contribution in [2.45, 2.75) is 69.9 Å². The van der Waals surface area contributed by atoms with E-state index in [1.165, 1.54) is 24.8 Å². The van der Waals surface area contributed by atoms with Crippen molar-refractivity contribution in [3.8, 4) is 0 Å². The van der Waals surface area contributed by atoms with Gasteiger partial charge in [-0.25, -0.2) is 4.79 Å². The maximum atomic E-state index is 13.7. The van der Waals surface area contributed by atoms with E-state index in [0.29, 0.717) is 19.0 Å². The predicted molar refractivity (Wildman–Crippen MR) is 135 cm³/mol. The Labute approximate surface area is 209 Å². The van der Waals surface area contributed by atoms with Gasteiger partial charge in [-0.2, -0.15) is 0 Å². The van der Waals surface area contributed by atoms with Gasteiger partial charge < -0.3 is 21.3 Å². The standard InChI is InChI=1S/C27H41N5O3/c1-25(2,23(29)34)18-31-19-26(32(24(31)35)16-20-8-7-9-20)12-14-27(15-13-26,30(3)17-22(28)33)21-10-5-4-6-11-21/h4-6,10-11,20H,7-9,12-19H2,1-3H3,(H2,28,33)(H2,29,34). The van der Waals surface area contributed by atoms with Gasteiger partial charge in [0, 0.05) is 25.2 Å². The van der Waals surface area contributed by atoms with Gasteiger partial charge in [-0.15, -0.1) is 0 Å². The monoisotopic (exact) mass is 483 g/mol. The second kappa shape index (κ2) is 9.45. The van der Waals surface area contributed by atoms with E-state index in [4.69, 9.17) is 11.5 Å². The number of hydrogen-bond donors (Lipinski definition) is 2. The number of carbonyl (C=O) groups excluding carboxylic acids is 3. The van der Waals surface area contributed by atoms with Crippen LogP contribution in [0.1, 0.15) is 64.4 Å². The summed E-state index contributed by atoms with van der Waals surface area (Å²) in [5, 5.41) is 0. The Kier molecular flexibility index (Phi) is 6.88. The minimum atomic E-state index is -0.784. The first-order chi connectivity index (χ1) is 16.5. The average molecular weight is 484 g/mol. The van der Waals surface area contributed by atoms with Gasteiger partial charge in [-0.3, -0.25) is 14.5 Å². The number of carbonyl (C=O) groups is 3. The first kappa shape index (κ1) is 25.5. The highest BCUT2D eigenvalue weighted by Gasteiger charge is 2.56. The third-order valence-electron chi connectivity index (χ3n) is 8.92. The Hall–Kier alpha value is -2.61. The van der Waals surface area contributed by atoms with Crippen LogP contribution in [0.2, 0.25) is 0 Å². The highest BCUT2D eigenvalue weighted by molar-refractivity contribution is 5.83. The van der Waals surface area contributed by atoms with Crippen LogP contribution in [0.4, 0.5) is 4.79 Å². The van der Waals surface area contributed by atoms with Crippen molar-refractivity contribution in [1.82, 2.24) is 14.7 Å². The van der Waals surface area contributed by atoms with E-state index in [9.17, 15) is 14.4 Å². The summed E-state index contributed by atoms with van der Waals surface area (Å²) in [4.78, 5) is 43.6. The molecule has 3 aliphatic rings. The highest BCUT2D eigenvalue weighted by atomic mass is 16.2. The lowest BCUT2D eigenvalue weighted by Gasteiger charge is -2.52. The summed E-state index contributed by atoms with van der Waals surface area (Å²) >= 11 is 0. The fourth-order valence-electron chi connectivity index (χ4n) is 6.35. The highest BCUT2D eigenvalue weighted by Crippen LogP contribution is 2.50. The molecule has 2 aliphatic carbocycles. The molecular formula is C27H41N5O3. The number of benzene rings is 1. The van der Waals surface area contributed by atoms with Crippen LogP contribution in [0.15, 0.2) is 30.3 Å². The van der Waals surface area contributed by atoms with Crippen molar-refractivity contribution in [1.29, 1.82) is 0 Å². The summed E-state index contributed by atoms with van der Waals surface area (Å²) in [6.07, 6.45) is 6.87. The van der Waals surface area contributed by atoms with E-state index in [-0.39, 0.29) is 29.6 Å². The topological polar surface area (TPSA) is 113 Å². The van der Waals surface area contributed by atoms with Crippen molar-refractivity contribution in [3.63, 3.8) is 0 Å². The molecule has 1 spiro atoms. The van der Waals surface area contributed by atoms with Gasteiger partial charge in [0.1, 0.15) is 0 Å². The SMILES string of the molecule is CN(CC(N)=O)C1(c2ccccc2)CCC2(CC1)CN(CC(C)(C)C(N)=O)C(=O)N2CC1CCC1. The number of rotatable bonds is 9. The van der Waals surface area contributed by atoms with Crippen molar-refractivity contribution < 1.29 is 14.4 Å². The Balaban J connectivity index is 1.62. The van der Waals surface area contributed by atoms with E-state index in [1.54, 1.807) is 0 Å². The Morgan fingerprint density at radius 2 is 1.71 bits per heavy atom. The Morgan fingerprint density at radius 1 is 1.09 bits per heavy atom. The third-order valence-corrected chi connectivity index (χ3v) is 8.92. The lowest BCUT2D eigenvalue weighted by Crippen LogP contribution is -2.57. The smallest absolute Gasteiger partial charge is 0.320 e. The van der Waals surface area contributed by atoms with Crippen LogP contribution >= 0.6 is 0 Å². The van der Waals surface area contributed by atoms with E-state index in [1.807, 2.05) is 44.0 Å². The van der Waals surface area contributed by atoms with Gasteiger partial charge >= 0.3 is 6.03 Å². The van der Waals surface area contributed by atoms with E-state index < -0.39 is 11.3 Å². The van der Waals surface area contributed by atoms with Crippen LogP contribution in [0.3, 0.4) is 0 Å².